The lowest BCUT2D eigenvalue weighted by atomic mass is 10.0. The van der Waals surface area contributed by atoms with Crippen LogP contribution < -0.4 is 11.1 Å². The Hall–Kier alpha value is -1.81. The van der Waals surface area contributed by atoms with Crippen LogP contribution in [-0.2, 0) is 4.74 Å². The average Bonchev–Trinajstić information content (AvgIpc) is 2.42. The molecule has 0 spiro atoms. The van der Waals surface area contributed by atoms with Crippen molar-refractivity contribution in [1.82, 2.24) is 4.98 Å². The Morgan fingerprint density at radius 3 is 3.11 bits per heavy atom. The highest BCUT2D eigenvalue weighted by Gasteiger charge is 2.19. The highest BCUT2D eigenvalue weighted by Crippen LogP contribution is 2.30. The van der Waals surface area contributed by atoms with E-state index in [1.807, 2.05) is 18.3 Å². The first-order chi connectivity index (χ1) is 9.24. The Balaban J connectivity index is 1.86. The van der Waals surface area contributed by atoms with Gasteiger partial charge in [-0.15, -0.1) is 0 Å². The van der Waals surface area contributed by atoms with Gasteiger partial charge in [0.1, 0.15) is 0 Å². The van der Waals surface area contributed by atoms with Crippen molar-refractivity contribution < 1.29 is 4.74 Å². The maximum atomic E-state index is 6.25. The van der Waals surface area contributed by atoms with Gasteiger partial charge in [-0.2, -0.15) is 0 Å². The third kappa shape index (κ3) is 2.49. The zero-order valence-corrected chi connectivity index (χ0v) is 11.1. The molecular formula is C15H19N3O. The third-order valence-electron chi connectivity index (χ3n) is 3.71. The number of benzene rings is 1. The number of rotatable bonds is 2. The van der Waals surface area contributed by atoms with E-state index in [0.717, 1.165) is 41.6 Å². The van der Waals surface area contributed by atoms with Crippen molar-refractivity contribution in [2.75, 3.05) is 17.7 Å². The Kier molecular flexibility index (Phi) is 3.25. The second-order valence-electron chi connectivity index (χ2n) is 5.17. The Morgan fingerprint density at radius 1 is 1.37 bits per heavy atom. The topological polar surface area (TPSA) is 60.2 Å². The minimum absolute atomic E-state index is 0.317. The number of pyridine rings is 1. The van der Waals surface area contributed by atoms with Crippen LogP contribution in [0, 0.1) is 0 Å². The summed E-state index contributed by atoms with van der Waals surface area (Å²) in [5.74, 6) is 0. The molecule has 4 nitrogen and oxygen atoms in total. The summed E-state index contributed by atoms with van der Waals surface area (Å²) in [6.45, 7) is 2.93. The minimum atomic E-state index is 0.317. The van der Waals surface area contributed by atoms with E-state index in [1.54, 1.807) is 6.20 Å². The van der Waals surface area contributed by atoms with Gasteiger partial charge >= 0.3 is 0 Å². The number of hydrogen-bond acceptors (Lipinski definition) is 4. The van der Waals surface area contributed by atoms with Crippen LogP contribution in [0.5, 0.6) is 0 Å². The normalized spacial score (nSPS) is 23.4. The average molecular weight is 257 g/mol. The smallest absolute Gasteiger partial charge is 0.0630 e. The van der Waals surface area contributed by atoms with Crippen LogP contribution in [0.1, 0.15) is 19.8 Å². The highest BCUT2D eigenvalue weighted by molar-refractivity contribution is 5.98. The Morgan fingerprint density at radius 2 is 2.26 bits per heavy atom. The van der Waals surface area contributed by atoms with Gasteiger partial charge in [-0.25, -0.2) is 0 Å². The van der Waals surface area contributed by atoms with Gasteiger partial charge in [0.15, 0.2) is 0 Å². The molecule has 0 amide bonds. The van der Waals surface area contributed by atoms with Crippen LogP contribution in [-0.4, -0.2) is 23.7 Å². The van der Waals surface area contributed by atoms with E-state index in [0.29, 0.717) is 12.1 Å². The van der Waals surface area contributed by atoms with Crippen molar-refractivity contribution in [1.29, 1.82) is 0 Å². The van der Waals surface area contributed by atoms with E-state index in [2.05, 4.69) is 23.3 Å². The summed E-state index contributed by atoms with van der Waals surface area (Å²) in [5.41, 5.74) is 8.07. The zero-order valence-electron chi connectivity index (χ0n) is 11.1. The van der Waals surface area contributed by atoms with Crippen molar-refractivity contribution in [3.8, 4) is 0 Å². The monoisotopic (exact) mass is 257 g/mol. The Bertz CT molecular complexity index is 585. The summed E-state index contributed by atoms with van der Waals surface area (Å²) >= 11 is 0. The van der Waals surface area contributed by atoms with E-state index in [-0.39, 0.29) is 0 Å². The number of anilines is 2. The molecule has 1 aromatic carbocycles. The third-order valence-corrected chi connectivity index (χ3v) is 3.71. The van der Waals surface area contributed by atoms with Gasteiger partial charge in [0.25, 0.3) is 0 Å². The second kappa shape index (κ2) is 5.05. The predicted molar refractivity (Wildman–Crippen MR) is 78.2 cm³/mol. The predicted octanol–water partition coefficient (Wildman–Crippen LogP) is 2.80. The van der Waals surface area contributed by atoms with E-state index >= 15 is 0 Å². The second-order valence-corrected chi connectivity index (χ2v) is 5.17. The minimum Gasteiger partial charge on any atom is -0.397 e. The fourth-order valence-corrected chi connectivity index (χ4v) is 2.67. The molecule has 1 aliphatic rings. The molecule has 2 atom stereocenters. The molecule has 3 N–H and O–H groups in total. The fraction of sp³-hybridized carbons (Fsp3) is 0.400. The molecule has 100 valence electrons. The van der Waals surface area contributed by atoms with Crippen molar-refractivity contribution in [3.05, 3.63) is 30.6 Å². The molecule has 2 heterocycles. The van der Waals surface area contributed by atoms with Crippen molar-refractivity contribution in [3.63, 3.8) is 0 Å². The number of aromatic nitrogens is 1. The van der Waals surface area contributed by atoms with Gasteiger partial charge in [0.05, 0.1) is 17.5 Å². The van der Waals surface area contributed by atoms with Crippen LogP contribution in [0.3, 0.4) is 0 Å². The first kappa shape index (κ1) is 12.2. The quantitative estimate of drug-likeness (QED) is 0.812. The van der Waals surface area contributed by atoms with Crippen LogP contribution in [0.25, 0.3) is 10.8 Å². The summed E-state index contributed by atoms with van der Waals surface area (Å²) in [6, 6.07) is 6.50. The van der Waals surface area contributed by atoms with Gasteiger partial charge < -0.3 is 15.8 Å². The maximum Gasteiger partial charge on any atom is 0.0630 e. The van der Waals surface area contributed by atoms with Crippen molar-refractivity contribution in [2.24, 2.45) is 0 Å². The first-order valence-corrected chi connectivity index (χ1v) is 6.74. The molecule has 1 fully saturated rings. The number of nitrogens with one attached hydrogen (secondary N) is 1. The van der Waals surface area contributed by atoms with Crippen LogP contribution >= 0.6 is 0 Å². The summed E-state index contributed by atoms with van der Waals surface area (Å²) < 4.78 is 5.57. The molecule has 0 aliphatic carbocycles. The van der Waals surface area contributed by atoms with E-state index < -0.39 is 0 Å². The molecule has 1 aromatic heterocycles. The molecule has 3 rings (SSSR count). The number of nitrogens with two attached hydrogens (primary N) is 1. The molecule has 2 aromatic rings. The first-order valence-electron chi connectivity index (χ1n) is 6.74. The summed E-state index contributed by atoms with van der Waals surface area (Å²) in [6.07, 6.45) is 5.98. The lowest BCUT2D eigenvalue weighted by Crippen LogP contribution is -2.32. The molecule has 19 heavy (non-hydrogen) atoms. The maximum absolute atomic E-state index is 6.25. The van der Waals surface area contributed by atoms with Gasteiger partial charge in [0.2, 0.25) is 0 Å². The van der Waals surface area contributed by atoms with Crippen LogP contribution in [0.4, 0.5) is 11.4 Å². The summed E-state index contributed by atoms with van der Waals surface area (Å²) in [4.78, 5) is 4.12. The SMILES string of the molecule is CC1CC(Nc2ccc3cnccc3c2N)CCO1. The van der Waals surface area contributed by atoms with Crippen molar-refractivity contribution in [2.45, 2.75) is 31.9 Å². The number of fused-ring (bicyclic) bond motifs is 1. The van der Waals surface area contributed by atoms with Crippen LogP contribution in [0.15, 0.2) is 30.6 Å². The van der Waals surface area contributed by atoms with Crippen LogP contribution in [0.2, 0.25) is 0 Å². The molecule has 4 heteroatoms. The fourth-order valence-electron chi connectivity index (χ4n) is 2.67. The lowest BCUT2D eigenvalue weighted by molar-refractivity contribution is 0.0232. The van der Waals surface area contributed by atoms with E-state index in [4.69, 9.17) is 10.5 Å². The van der Waals surface area contributed by atoms with Gasteiger partial charge in [-0.1, -0.05) is 6.07 Å². The lowest BCUT2D eigenvalue weighted by Gasteiger charge is -2.29. The standard InChI is InChI=1S/C15H19N3O/c1-10-8-12(5-7-19-10)18-14-3-2-11-9-17-6-4-13(11)15(14)16/h2-4,6,9-10,12,18H,5,7-8,16H2,1H3. The molecule has 0 saturated carbocycles. The largest absolute Gasteiger partial charge is 0.397 e. The van der Waals surface area contributed by atoms with Gasteiger partial charge in [-0.05, 0) is 31.9 Å². The van der Waals surface area contributed by atoms with E-state index in [9.17, 15) is 0 Å². The molecular weight excluding hydrogens is 238 g/mol. The number of hydrogen-bond donors (Lipinski definition) is 2. The number of nitrogen functional groups attached to an aromatic ring is 1. The van der Waals surface area contributed by atoms with E-state index in [1.165, 1.54) is 0 Å². The summed E-state index contributed by atoms with van der Waals surface area (Å²) in [5, 5.41) is 5.68. The Labute approximate surface area is 113 Å². The molecule has 2 unspecified atom stereocenters. The molecule has 1 aliphatic heterocycles. The molecule has 1 saturated heterocycles. The zero-order chi connectivity index (χ0) is 13.2. The number of ether oxygens (including phenoxy) is 1. The molecule has 0 radical (unpaired) electrons. The molecule has 0 bridgehead atoms. The highest BCUT2D eigenvalue weighted by atomic mass is 16.5. The number of nitrogens with zero attached hydrogens (tertiary/aromatic N) is 1. The van der Waals surface area contributed by atoms with Crippen molar-refractivity contribution >= 4 is 22.1 Å². The summed E-state index contributed by atoms with van der Waals surface area (Å²) in [7, 11) is 0. The van der Waals surface area contributed by atoms with Gasteiger partial charge in [-0.3, -0.25) is 4.98 Å². The van der Waals surface area contributed by atoms with Gasteiger partial charge in [0, 0.05) is 35.8 Å².